The van der Waals surface area contributed by atoms with E-state index in [1.54, 1.807) is 20.3 Å². The molecule has 0 saturated carbocycles. The summed E-state index contributed by atoms with van der Waals surface area (Å²) in [6.07, 6.45) is 0. The number of ether oxygens (including phenoxy) is 2. The molecule has 0 bridgehead atoms. The van der Waals surface area contributed by atoms with E-state index in [9.17, 15) is 0 Å². The van der Waals surface area contributed by atoms with Crippen LogP contribution < -0.4 is 14.8 Å². The van der Waals surface area contributed by atoms with Gasteiger partial charge >= 0.3 is 0 Å². The molecule has 0 fully saturated rings. The summed E-state index contributed by atoms with van der Waals surface area (Å²) in [6, 6.07) is 3.71. The lowest BCUT2D eigenvalue weighted by Crippen LogP contribution is -2.26. The zero-order valence-electron chi connectivity index (χ0n) is 11.9. The number of hydrogen-bond acceptors (Lipinski definition) is 4. The summed E-state index contributed by atoms with van der Waals surface area (Å²) in [4.78, 5) is 0. The molecule has 0 aliphatic rings. The number of aliphatic hydroxyl groups excluding tert-OH is 1. The summed E-state index contributed by atoms with van der Waals surface area (Å²) < 4.78 is 10.5. The van der Waals surface area contributed by atoms with Crippen LogP contribution in [0.25, 0.3) is 0 Å². The minimum atomic E-state index is 0.0763. The molecular formula is C14H22ClNO3. The third kappa shape index (κ3) is 4.27. The number of benzene rings is 1. The summed E-state index contributed by atoms with van der Waals surface area (Å²) in [6.45, 7) is 4.91. The number of hydrogen-bond donors (Lipinski definition) is 2. The summed E-state index contributed by atoms with van der Waals surface area (Å²) in [5, 5.41) is 12.9. The topological polar surface area (TPSA) is 50.7 Å². The van der Waals surface area contributed by atoms with Crippen molar-refractivity contribution in [1.29, 1.82) is 0 Å². The Morgan fingerprint density at radius 2 is 1.84 bits per heavy atom. The van der Waals surface area contributed by atoms with E-state index in [1.807, 2.05) is 19.9 Å². The molecule has 4 nitrogen and oxygen atoms in total. The van der Waals surface area contributed by atoms with E-state index in [0.717, 1.165) is 17.9 Å². The molecule has 2 N–H and O–H groups in total. The van der Waals surface area contributed by atoms with Gasteiger partial charge in [0.1, 0.15) is 11.5 Å². The minimum Gasteiger partial charge on any atom is -0.496 e. The molecule has 2 unspecified atom stereocenters. The smallest absolute Gasteiger partial charge is 0.141 e. The number of halogens is 1. The van der Waals surface area contributed by atoms with Gasteiger partial charge in [0.25, 0.3) is 0 Å². The van der Waals surface area contributed by atoms with E-state index in [2.05, 4.69) is 5.32 Å². The van der Waals surface area contributed by atoms with E-state index >= 15 is 0 Å². The van der Waals surface area contributed by atoms with Gasteiger partial charge in [-0.1, -0.05) is 18.5 Å². The molecule has 19 heavy (non-hydrogen) atoms. The normalized spacial score (nSPS) is 14.0. The highest BCUT2D eigenvalue weighted by Gasteiger charge is 2.15. The van der Waals surface area contributed by atoms with Crippen molar-refractivity contribution in [3.63, 3.8) is 0 Å². The lowest BCUT2D eigenvalue weighted by molar-refractivity contribution is 0.230. The van der Waals surface area contributed by atoms with Crippen molar-refractivity contribution in [2.75, 3.05) is 27.4 Å². The van der Waals surface area contributed by atoms with E-state index < -0.39 is 0 Å². The van der Waals surface area contributed by atoms with Crippen LogP contribution in [0.4, 0.5) is 0 Å². The molecule has 1 rings (SSSR count). The van der Waals surface area contributed by atoms with E-state index in [-0.39, 0.29) is 18.6 Å². The predicted molar refractivity (Wildman–Crippen MR) is 77.2 cm³/mol. The van der Waals surface area contributed by atoms with Crippen molar-refractivity contribution in [2.24, 2.45) is 5.92 Å². The maximum Gasteiger partial charge on any atom is 0.141 e. The molecule has 0 heterocycles. The van der Waals surface area contributed by atoms with Gasteiger partial charge in [-0.05, 0) is 18.9 Å². The van der Waals surface area contributed by atoms with Gasteiger partial charge in [-0.2, -0.15) is 0 Å². The second kappa shape index (κ2) is 7.58. The van der Waals surface area contributed by atoms with Crippen molar-refractivity contribution >= 4 is 11.6 Å². The van der Waals surface area contributed by atoms with Crippen molar-refractivity contribution in [3.05, 3.63) is 22.7 Å². The predicted octanol–water partition coefficient (Wildman–Crippen LogP) is 2.64. The molecule has 0 saturated heterocycles. The van der Waals surface area contributed by atoms with Gasteiger partial charge < -0.3 is 19.9 Å². The SMILES string of the molecule is COc1cc(OC)c(C(C)NCC(C)CO)cc1Cl. The Bertz CT molecular complexity index is 412. The first-order valence-corrected chi connectivity index (χ1v) is 6.66. The fourth-order valence-electron chi connectivity index (χ4n) is 1.77. The lowest BCUT2D eigenvalue weighted by Gasteiger charge is -2.20. The average molecular weight is 288 g/mol. The van der Waals surface area contributed by atoms with Gasteiger partial charge in [-0.15, -0.1) is 0 Å². The van der Waals surface area contributed by atoms with E-state index in [0.29, 0.717) is 10.8 Å². The molecule has 108 valence electrons. The fraction of sp³-hybridized carbons (Fsp3) is 0.571. The number of rotatable bonds is 7. The summed E-state index contributed by atoms with van der Waals surface area (Å²) in [5.74, 6) is 1.54. The Morgan fingerprint density at radius 1 is 1.21 bits per heavy atom. The molecule has 2 atom stereocenters. The van der Waals surface area contributed by atoms with Gasteiger partial charge in [0.15, 0.2) is 0 Å². The molecular weight excluding hydrogens is 266 g/mol. The van der Waals surface area contributed by atoms with Gasteiger partial charge in [-0.3, -0.25) is 0 Å². The van der Waals surface area contributed by atoms with Crippen LogP contribution in [0.15, 0.2) is 12.1 Å². The van der Waals surface area contributed by atoms with E-state index in [1.165, 1.54) is 0 Å². The summed E-state index contributed by atoms with van der Waals surface area (Å²) >= 11 is 6.14. The minimum absolute atomic E-state index is 0.0763. The first kappa shape index (κ1) is 16.1. The number of aliphatic hydroxyl groups is 1. The highest BCUT2D eigenvalue weighted by molar-refractivity contribution is 6.32. The summed E-state index contributed by atoms with van der Waals surface area (Å²) in [7, 11) is 3.19. The largest absolute Gasteiger partial charge is 0.496 e. The molecule has 0 aliphatic heterocycles. The highest BCUT2D eigenvalue weighted by atomic mass is 35.5. The van der Waals surface area contributed by atoms with Crippen LogP contribution in [0.2, 0.25) is 5.02 Å². The monoisotopic (exact) mass is 287 g/mol. The molecule has 5 heteroatoms. The molecule has 1 aromatic rings. The van der Waals surface area contributed by atoms with Crippen molar-refractivity contribution in [1.82, 2.24) is 5.32 Å². The standard InChI is InChI=1S/C14H22ClNO3/c1-9(8-17)7-16-10(2)11-5-12(15)14(19-4)6-13(11)18-3/h5-6,9-10,16-17H,7-8H2,1-4H3. The maximum absolute atomic E-state index is 9.03. The van der Waals surface area contributed by atoms with Crippen LogP contribution in [-0.2, 0) is 0 Å². The second-order valence-corrected chi connectivity index (χ2v) is 5.05. The van der Waals surface area contributed by atoms with E-state index in [4.69, 9.17) is 26.2 Å². The van der Waals surface area contributed by atoms with Crippen LogP contribution in [0.3, 0.4) is 0 Å². The molecule has 0 radical (unpaired) electrons. The Morgan fingerprint density at radius 3 is 2.37 bits per heavy atom. The fourth-order valence-corrected chi connectivity index (χ4v) is 2.02. The van der Waals surface area contributed by atoms with Crippen molar-refractivity contribution < 1.29 is 14.6 Å². The highest BCUT2D eigenvalue weighted by Crippen LogP contribution is 2.35. The van der Waals surface area contributed by atoms with Crippen LogP contribution in [0.5, 0.6) is 11.5 Å². The average Bonchev–Trinajstić information content (AvgIpc) is 2.43. The number of methoxy groups -OCH3 is 2. The van der Waals surface area contributed by atoms with Gasteiger partial charge in [0.2, 0.25) is 0 Å². The van der Waals surface area contributed by atoms with Crippen LogP contribution in [-0.4, -0.2) is 32.5 Å². The zero-order valence-corrected chi connectivity index (χ0v) is 12.6. The quantitative estimate of drug-likeness (QED) is 0.809. The van der Waals surface area contributed by atoms with Gasteiger partial charge in [-0.25, -0.2) is 0 Å². The molecule has 0 amide bonds. The maximum atomic E-state index is 9.03. The Balaban J connectivity index is 2.89. The number of nitrogens with one attached hydrogen (secondary N) is 1. The molecule has 0 spiro atoms. The first-order valence-electron chi connectivity index (χ1n) is 6.29. The second-order valence-electron chi connectivity index (χ2n) is 4.65. The Labute approximate surface area is 119 Å². The van der Waals surface area contributed by atoms with Crippen LogP contribution >= 0.6 is 11.6 Å². The van der Waals surface area contributed by atoms with Gasteiger partial charge in [0.05, 0.1) is 19.2 Å². The van der Waals surface area contributed by atoms with Crippen molar-refractivity contribution in [3.8, 4) is 11.5 Å². The Kier molecular flexibility index (Phi) is 6.42. The van der Waals surface area contributed by atoms with Gasteiger partial charge in [0, 0.05) is 30.8 Å². The molecule has 0 aromatic heterocycles. The first-order chi connectivity index (χ1) is 9.03. The third-order valence-electron chi connectivity index (χ3n) is 3.05. The Hall–Kier alpha value is -0.970. The van der Waals surface area contributed by atoms with Crippen LogP contribution in [0, 0.1) is 5.92 Å². The van der Waals surface area contributed by atoms with Crippen LogP contribution in [0.1, 0.15) is 25.5 Å². The third-order valence-corrected chi connectivity index (χ3v) is 3.35. The molecule has 1 aromatic carbocycles. The lowest BCUT2D eigenvalue weighted by atomic mass is 10.1. The van der Waals surface area contributed by atoms with Crippen molar-refractivity contribution in [2.45, 2.75) is 19.9 Å². The molecule has 0 aliphatic carbocycles. The summed E-state index contributed by atoms with van der Waals surface area (Å²) in [5.41, 5.74) is 0.971. The zero-order chi connectivity index (χ0) is 14.4.